The molecule has 1 saturated heterocycles. The van der Waals surface area contributed by atoms with Gasteiger partial charge in [-0.2, -0.15) is 5.10 Å². The summed E-state index contributed by atoms with van der Waals surface area (Å²) < 4.78 is 14.9. The normalized spacial score (nSPS) is 16.7. The zero-order chi connectivity index (χ0) is 20.3. The van der Waals surface area contributed by atoms with Crippen LogP contribution in [0.1, 0.15) is 41.9 Å². The average molecular weight is 388 g/mol. The van der Waals surface area contributed by atoms with Crippen LogP contribution in [0.15, 0.2) is 24.3 Å². The predicted octanol–water partition coefficient (Wildman–Crippen LogP) is 3.15. The molecule has 0 bridgehead atoms. The predicted molar refractivity (Wildman–Crippen MR) is 107 cm³/mol. The van der Waals surface area contributed by atoms with E-state index in [9.17, 15) is 9.18 Å². The zero-order valence-electron chi connectivity index (χ0n) is 17.2. The Morgan fingerprint density at radius 3 is 2.54 bits per heavy atom. The molecule has 2 aromatic rings. The third-order valence-electron chi connectivity index (χ3n) is 5.53. The highest BCUT2D eigenvalue weighted by atomic mass is 19.1. The molecule has 0 spiro atoms. The number of rotatable bonds is 4. The van der Waals surface area contributed by atoms with E-state index in [-0.39, 0.29) is 17.9 Å². The van der Waals surface area contributed by atoms with Gasteiger partial charge < -0.3 is 10.2 Å². The molecule has 1 aromatic carbocycles. The number of hydrogen-bond acceptors (Lipinski definition) is 3. The van der Waals surface area contributed by atoms with Crippen molar-refractivity contribution in [2.45, 2.75) is 39.8 Å². The van der Waals surface area contributed by atoms with Crippen LogP contribution in [0.4, 0.5) is 9.18 Å². The second-order valence-electron chi connectivity index (χ2n) is 7.62. The Balaban J connectivity index is 1.55. The minimum absolute atomic E-state index is 0.0289. The van der Waals surface area contributed by atoms with Crippen LogP contribution < -0.4 is 5.32 Å². The Morgan fingerprint density at radius 2 is 1.89 bits per heavy atom. The van der Waals surface area contributed by atoms with E-state index in [1.807, 2.05) is 49.5 Å². The average Bonchev–Trinajstić information content (AvgIpc) is 2.81. The summed E-state index contributed by atoms with van der Waals surface area (Å²) in [6.07, 6.45) is 0.925. The Bertz CT molecular complexity index is 817. The minimum Gasteiger partial charge on any atom is -0.331 e. The lowest BCUT2D eigenvalue weighted by atomic mass is 10.1. The second kappa shape index (κ2) is 8.73. The van der Waals surface area contributed by atoms with Gasteiger partial charge in [-0.25, -0.2) is 9.18 Å². The number of amides is 2. The van der Waals surface area contributed by atoms with E-state index >= 15 is 0 Å². The van der Waals surface area contributed by atoms with Gasteiger partial charge in [0.15, 0.2) is 0 Å². The van der Waals surface area contributed by atoms with Crippen LogP contribution in [-0.4, -0.2) is 51.8 Å². The van der Waals surface area contributed by atoms with Crippen molar-refractivity contribution in [3.63, 3.8) is 0 Å². The summed E-state index contributed by atoms with van der Waals surface area (Å²) in [6, 6.07) is 6.53. The van der Waals surface area contributed by atoms with Crippen molar-refractivity contribution >= 4 is 6.03 Å². The minimum atomic E-state index is -0.212. The molecular weight excluding hydrogens is 357 g/mol. The van der Waals surface area contributed by atoms with Crippen molar-refractivity contribution in [2.24, 2.45) is 7.05 Å². The highest BCUT2D eigenvalue weighted by Crippen LogP contribution is 2.21. The smallest absolute Gasteiger partial charge is 0.317 e. The SMILES string of the molecule is Cc1nn(C)c(C)c1[C@@H](C)NC(=O)N1CCCN(Cc2ccc(F)cc2)CC1. The summed E-state index contributed by atoms with van der Waals surface area (Å²) in [5.74, 6) is -0.212. The number of aromatic nitrogens is 2. The Morgan fingerprint density at radius 1 is 1.18 bits per heavy atom. The maximum absolute atomic E-state index is 13.1. The lowest BCUT2D eigenvalue weighted by Crippen LogP contribution is -2.43. The van der Waals surface area contributed by atoms with E-state index < -0.39 is 0 Å². The molecule has 0 radical (unpaired) electrons. The van der Waals surface area contributed by atoms with Crippen LogP contribution in [0, 0.1) is 19.7 Å². The summed E-state index contributed by atoms with van der Waals surface area (Å²) in [5, 5.41) is 7.58. The topological polar surface area (TPSA) is 53.4 Å². The van der Waals surface area contributed by atoms with E-state index in [1.165, 1.54) is 12.1 Å². The number of carbonyl (C=O) groups is 1. The maximum Gasteiger partial charge on any atom is 0.317 e. The van der Waals surface area contributed by atoms with E-state index in [2.05, 4.69) is 15.3 Å². The van der Waals surface area contributed by atoms with Gasteiger partial charge in [-0.3, -0.25) is 9.58 Å². The molecule has 2 heterocycles. The summed E-state index contributed by atoms with van der Waals surface area (Å²) in [7, 11) is 1.92. The molecule has 3 rings (SSSR count). The van der Waals surface area contributed by atoms with E-state index in [1.54, 1.807) is 0 Å². The van der Waals surface area contributed by atoms with Crippen LogP contribution >= 0.6 is 0 Å². The van der Waals surface area contributed by atoms with Gasteiger partial charge in [0.25, 0.3) is 0 Å². The highest BCUT2D eigenvalue weighted by Gasteiger charge is 2.23. The van der Waals surface area contributed by atoms with Gasteiger partial charge in [-0.15, -0.1) is 0 Å². The first-order valence-corrected chi connectivity index (χ1v) is 9.87. The standard InChI is InChI=1S/C21H30FN5O/c1-15(20-16(2)24-25(4)17(20)3)23-21(28)27-11-5-10-26(12-13-27)14-18-6-8-19(22)9-7-18/h6-9,15H,5,10-14H2,1-4H3,(H,23,28)/t15-/m1/s1. The molecule has 0 unspecified atom stereocenters. The van der Waals surface area contributed by atoms with E-state index in [0.29, 0.717) is 6.54 Å². The molecule has 152 valence electrons. The third kappa shape index (κ3) is 4.70. The number of hydrogen-bond donors (Lipinski definition) is 1. The molecule has 1 aliphatic heterocycles. The number of benzene rings is 1. The zero-order valence-corrected chi connectivity index (χ0v) is 17.2. The number of aryl methyl sites for hydroxylation is 2. The van der Waals surface area contributed by atoms with Crippen molar-refractivity contribution in [1.29, 1.82) is 0 Å². The summed E-state index contributed by atoms with van der Waals surface area (Å²) in [4.78, 5) is 17.0. The molecule has 1 aromatic heterocycles. The molecule has 2 amide bonds. The summed E-state index contributed by atoms with van der Waals surface area (Å²) in [5.41, 5.74) is 4.21. The molecule has 1 aliphatic rings. The number of urea groups is 1. The molecule has 0 aliphatic carbocycles. The summed E-state index contributed by atoms with van der Waals surface area (Å²) in [6.45, 7) is 9.95. The van der Waals surface area contributed by atoms with Gasteiger partial charge in [-0.1, -0.05) is 12.1 Å². The first-order chi connectivity index (χ1) is 13.3. The number of carbonyl (C=O) groups excluding carboxylic acids is 1. The molecule has 1 atom stereocenters. The molecular formula is C21H30FN5O. The molecule has 0 saturated carbocycles. The van der Waals surface area contributed by atoms with Crippen molar-refractivity contribution in [3.8, 4) is 0 Å². The second-order valence-corrected chi connectivity index (χ2v) is 7.62. The molecule has 1 N–H and O–H groups in total. The van der Waals surface area contributed by atoms with Gasteiger partial charge in [0, 0.05) is 51.0 Å². The third-order valence-corrected chi connectivity index (χ3v) is 5.53. The lowest BCUT2D eigenvalue weighted by Gasteiger charge is -2.24. The van der Waals surface area contributed by atoms with Crippen molar-refractivity contribution in [2.75, 3.05) is 26.2 Å². The van der Waals surface area contributed by atoms with E-state index in [0.717, 1.165) is 55.1 Å². The Kier molecular flexibility index (Phi) is 6.34. The van der Waals surface area contributed by atoms with Crippen molar-refractivity contribution in [1.82, 2.24) is 24.9 Å². The highest BCUT2D eigenvalue weighted by molar-refractivity contribution is 5.74. The fourth-order valence-corrected chi connectivity index (χ4v) is 3.95. The van der Waals surface area contributed by atoms with Crippen LogP contribution in [0.2, 0.25) is 0 Å². The van der Waals surface area contributed by atoms with E-state index in [4.69, 9.17) is 0 Å². The monoisotopic (exact) mass is 387 g/mol. The fourth-order valence-electron chi connectivity index (χ4n) is 3.95. The maximum atomic E-state index is 13.1. The van der Waals surface area contributed by atoms with Crippen LogP contribution in [-0.2, 0) is 13.6 Å². The van der Waals surface area contributed by atoms with Gasteiger partial charge >= 0.3 is 6.03 Å². The van der Waals surface area contributed by atoms with Crippen LogP contribution in [0.5, 0.6) is 0 Å². The molecule has 28 heavy (non-hydrogen) atoms. The first kappa shape index (κ1) is 20.3. The fraction of sp³-hybridized carbons (Fsp3) is 0.524. The largest absolute Gasteiger partial charge is 0.331 e. The van der Waals surface area contributed by atoms with Gasteiger partial charge in [-0.05, 0) is 44.9 Å². The number of halogens is 1. The number of nitrogens with zero attached hydrogens (tertiary/aromatic N) is 4. The molecule has 6 nitrogen and oxygen atoms in total. The van der Waals surface area contributed by atoms with Crippen LogP contribution in [0.25, 0.3) is 0 Å². The van der Waals surface area contributed by atoms with Gasteiger partial charge in [0.1, 0.15) is 5.82 Å². The van der Waals surface area contributed by atoms with Crippen LogP contribution in [0.3, 0.4) is 0 Å². The quantitative estimate of drug-likeness (QED) is 0.877. The van der Waals surface area contributed by atoms with Gasteiger partial charge in [0.2, 0.25) is 0 Å². The Labute approximate surface area is 166 Å². The lowest BCUT2D eigenvalue weighted by molar-refractivity contribution is 0.194. The van der Waals surface area contributed by atoms with Crippen molar-refractivity contribution in [3.05, 3.63) is 52.6 Å². The Hall–Kier alpha value is -2.41. The van der Waals surface area contributed by atoms with Gasteiger partial charge in [0.05, 0.1) is 11.7 Å². The van der Waals surface area contributed by atoms with Crippen molar-refractivity contribution < 1.29 is 9.18 Å². The number of nitrogens with one attached hydrogen (secondary N) is 1. The first-order valence-electron chi connectivity index (χ1n) is 9.87. The molecule has 7 heteroatoms. The summed E-state index contributed by atoms with van der Waals surface area (Å²) >= 11 is 0. The molecule has 1 fully saturated rings.